The Bertz CT molecular complexity index is 712. The number of nitrogens with one attached hydrogen (secondary N) is 1. The first-order valence-corrected chi connectivity index (χ1v) is 8.77. The molecule has 0 spiro atoms. The van der Waals surface area contributed by atoms with Crippen molar-refractivity contribution in [3.05, 3.63) is 23.2 Å². The number of benzene rings is 1. The molecule has 0 saturated heterocycles. The minimum atomic E-state index is -3.89. The minimum Gasteiger partial charge on any atom is -0.324 e. The van der Waals surface area contributed by atoms with Gasteiger partial charge < -0.3 is 5.32 Å². The molecule has 0 unspecified atom stereocenters. The fourth-order valence-electron chi connectivity index (χ4n) is 1.20. The zero-order valence-corrected chi connectivity index (χ0v) is 12.1. The third-order valence-corrected chi connectivity index (χ3v) is 3.95. The normalized spacial score (nSPS) is 12.2. The molecule has 1 aromatic carbocycles. The Labute approximate surface area is 115 Å². The standard InChI is InChI=1S/C9H11ClN2O5S2/c1-18(14,15)5-9(13)12-8-3-2-6(4-7(8)10)19(11,16)17/h2-4H,5H2,1H3,(H,12,13)(H2,11,16,17). The van der Waals surface area contributed by atoms with Gasteiger partial charge >= 0.3 is 0 Å². The minimum absolute atomic E-state index is 0.0617. The molecule has 0 aliphatic carbocycles. The molecule has 0 fully saturated rings. The summed E-state index contributed by atoms with van der Waals surface area (Å²) in [7, 11) is -7.35. The first-order chi connectivity index (χ1) is 8.49. The van der Waals surface area contributed by atoms with Crippen LogP contribution >= 0.6 is 11.6 Å². The average molecular weight is 327 g/mol. The van der Waals surface area contributed by atoms with Crippen LogP contribution in [0.1, 0.15) is 0 Å². The van der Waals surface area contributed by atoms with Gasteiger partial charge in [-0.15, -0.1) is 0 Å². The highest BCUT2D eigenvalue weighted by Crippen LogP contribution is 2.24. The Kier molecular flexibility index (Phi) is 4.56. The van der Waals surface area contributed by atoms with Crippen molar-refractivity contribution in [2.45, 2.75) is 4.90 Å². The Balaban J connectivity index is 2.96. The summed E-state index contributed by atoms with van der Waals surface area (Å²) in [5.74, 6) is -1.46. The van der Waals surface area contributed by atoms with E-state index in [2.05, 4.69) is 5.32 Å². The lowest BCUT2D eigenvalue weighted by atomic mass is 10.3. The Morgan fingerprint density at radius 2 is 1.89 bits per heavy atom. The van der Waals surface area contributed by atoms with Gasteiger partial charge in [-0.2, -0.15) is 0 Å². The van der Waals surface area contributed by atoms with E-state index in [0.717, 1.165) is 18.4 Å². The number of hydrogen-bond donors (Lipinski definition) is 2. The van der Waals surface area contributed by atoms with Crippen molar-refractivity contribution in [3.63, 3.8) is 0 Å². The molecule has 0 saturated carbocycles. The maximum Gasteiger partial charge on any atom is 0.239 e. The molecule has 0 atom stereocenters. The van der Waals surface area contributed by atoms with Crippen molar-refractivity contribution >= 4 is 43.1 Å². The van der Waals surface area contributed by atoms with E-state index in [9.17, 15) is 21.6 Å². The molecule has 0 bridgehead atoms. The molecular formula is C9H11ClN2O5S2. The highest BCUT2D eigenvalue weighted by molar-refractivity contribution is 7.91. The van der Waals surface area contributed by atoms with Crippen LogP contribution in [0.2, 0.25) is 5.02 Å². The molecule has 1 rings (SSSR count). The number of amides is 1. The monoisotopic (exact) mass is 326 g/mol. The van der Waals surface area contributed by atoms with Crippen molar-refractivity contribution in [3.8, 4) is 0 Å². The van der Waals surface area contributed by atoms with E-state index in [1.165, 1.54) is 6.07 Å². The number of primary sulfonamides is 1. The quantitative estimate of drug-likeness (QED) is 0.804. The van der Waals surface area contributed by atoms with E-state index in [0.29, 0.717) is 0 Å². The van der Waals surface area contributed by atoms with Gasteiger partial charge in [-0.25, -0.2) is 22.0 Å². The summed E-state index contributed by atoms with van der Waals surface area (Å²) in [6.07, 6.45) is 0.915. The molecule has 0 aromatic heterocycles. The van der Waals surface area contributed by atoms with Crippen LogP contribution < -0.4 is 10.5 Å². The molecule has 10 heteroatoms. The second-order valence-corrected chi connectivity index (χ2v) is 7.91. The van der Waals surface area contributed by atoms with E-state index in [1.54, 1.807) is 0 Å². The lowest BCUT2D eigenvalue weighted by Crippen LogP contribution is -2.22. The predicted octanol–water partition coefficient (Wildman–Crippen LogP) is -0.0295. The summed E-state index contributed by atoms with van der Waals surface area (Å²) < 4.78 is 43.9. The third-order valence-electron chi connectivity index (χ3n) is 1.94. The van der Waals surface area contributed by atoms with Gasteiger partial charge in [0.25, 0.3) is 0 Å². The lowest BCUT2D eigenvalue weighted by Gasteiger charge is -2.07. The fraction of sp³-hybridized carbons (Fsp3) is 0.222. The first-order valence-electron chi connectivity index (χ1n) is 4.79. The fourth-order valence-corrected chi connectivity index (χ4v) is 2.58. The topological polar surface area (TPSA) is 123 Å². The van der Waals surface area contributed by atoms with Crippen molar-refractivity contribution in [2.24, 2.45) is 5.14 Å². The van der Waals surface area contributed by atoms with E-state index in [1.807, 2.05) is 0 Å². The molecule has 0 aliphatic heterocycles. The van der Waals surface area contributed by atoms with Gasteiger partial charge in [0.15, 0.2) is 9.84 Å². The summed E-state index contributed by atoms with van der Waals surface area (Å²) in [5.41, 5.74) is 0.0997. The molecule has 0 radical (unpaired) electrons. The predicted molar refractivity (Wildman–Crippen MR) is 71.2 cm³/mol. The summed E-state index contributed by atoms with van der Waals surface area (Å²) in [5, 5.41) is 7.11. The van der Waals surface area contributed by atoms with Crippen molar-refractivity contribution < 1.29 is 21.6 Å². The van der Waals surface area contributed by atoms with Crippen LogP contribution in [0.5, 0.6) is 0 Å². The Hall–Kier alpha value is -1.16. The van der Waals surface area contributed by atoms with Crippen LogP contribution in [0.4, 0.5) is 5.69 Å². The van der Waals surface area contributed by atoms with Crippen LogP contribution in [0, 0.1) is 0 Å². The number of sulfone groups is 1. The Morgan fingerprint density at radius 1 is 1.32 bits per heavy atom. The highest BCUT2D eigenvalue weighted by atomic mass is 35.5. The van der Waals surface area contributed by atoms with Crippen molar-refractivity contribution in [1.29, 1.82) is 0 Å². The van der Waals surface area contributed by atoms with Gasteiger partial charge in [0, 0.05) is 6.26 Å². The molecule has 7 nitrogen and oxygen atoms in total. The van der Waals surface area contributed by atoms with Gasteiger partial charge in [0.1, 0.15) is 5.75 Å². The van der Waals surface area contributed by atoms with Gasteiger partial charge in [0.05, 0.1) is 15.6 Å². The van der Waals surface area contributed by atoms with Crippen LogP contribution in [0.3, 0.4) is 0 Å². The van der Waals surface area contributed by atoms with Gasteiger partial charge in [0.2, 0.25) is 15.9 Å². The van der Waals surface area contributed by atoms with E-state index >= 15 is 0 Å². The number of halogens is 1. The number of anilines is 1. The molecule has 19 heavy (non-hydrogen) atoms. The van der Waals surface area contributed by atoms with Crippen molar-refractivity contribution in [2.75, 3.05) is 17.3 Å². The maximum absolute atomic E-state index is 11.4. The molecule has 106 valence electrons. The summed E-state index contributed by atoms with van der Waals surface area (Å²) in [6.45, 7) is 0. The van der Waals surface area contributed by atoms with E-state index in [4.69, 9.17) is 16.7 Å². The summed E-state index contributed by atoms with van der Waals surface area (Å²) in [4.78, 5) is 11.2. The maximum atomic E-state index is 11.4. The number of nitrogens with two attached hydrogens (primary N) is 1. The Morgan fingerprint density at radius 3 is 2.32 bits per heavy atom. The van der Waals surface area contributed by atoms with Crippen LogP contribution in [-0.2, 0) is 24.7 Å². The number of rotatable bonds is 4. The summed E-state index contributed by atoms with van der Waals surface area (Å²) in [6, 6.07) is 3.44. The number of carbonyl (C=O) groups is 1. The first kappa shape index (κ1) is 15.9. The molecule has 0 aliphatic rings. The molecule has 1 amide bonds. The second-order valence-electron chi connectivity index (χ2n) is 3.80. The second kappa shape index (κ2) is 5.45. The van der Waals surface area contributed by atoms with Crippen LogP contribution in [0.15, 0.2) is 23.1 Å². The smallest absolute Gasteiger partial charge is 0.239 e. The molecule has 3 N–H and O–H groups in total. The van der Waals surface area contributed by atoms with Gasteiger partial charge in [-0.3, -0.25) is 4.79 Å². The highest BCUT2D eigenvalue weighted by Gasteiger charge is 2.14. The zero-order valence-electron chi connectivity index (χ0n) is 9.75. The summed E-state index contributed by atoms with van der Waals surface area (Å²) >= 11 is 5.77. The van der Waals surface area contributed by atoms with E-state index in [-0.39, 0.29) is 15.6 Å². The molecule has 1 aromatic rings. The number of sulfonamides is 1. The molecular weight excluding hydrogens is 316 g/mol. The average Bonchev–Trinajstić information content (AvgIpc) is 2.16. The third kappa shape index (κ3) is 5.15. The number of carbonyl (C=O) groups excluding carboxylic acids is 1. The zero-order chi connectivity index (χ0) is 14.8. The SMILES string of the molecule is CS(=O)(=O)CC(=O)Nc1ccc(S(N)(=O)=O)cc1Cl. The van der Waals surface area contributed by atoms with Gasteiger partial charge in [-0.05, 0) is 18.2 Å². The van der Waals surface area contributed by atoms with Crippen LogP contribution in [-0.4, -0.2) is 34.8 Å². The lowest BCUT2D eigenvalue weighted by molar-refractivity contribution is -0.113. The van der Waals surface area contributed by atoms with Crippen LogP contribution in [0.25, 0.3) is 0 Å². The largest absolute Gasteiger partial charge is 0.324 e. The molecule has 0 heterocycles. The number of hydrogen-bond acceptors (Lipinski definition) is 5. The van der Waals surface area contributed by atoms with E-state index < -0.39 is 31.5 Å². The van der Waals surface area contributed by atoms with Crippen molar-refractivity contribution in [1.82, 2.24) is 0 Å². The van der Waals surface area contributed by atoms with Gasteiger partial charge in [-0.1, -0.05) is 11.6 Å².